The molecule has 4 nitrogen and oxygen atoms in total. The molecule has 6 heteroatoms. The number of thioether (sulfide) groups is 1. The number of nitrogens with zero attached hydrogens (tertiary/aromatic N) is 1. The first-order valence-electron chi connectivity index (χ1n) is 7.37. The molecular formula is C17H21ClN2O2S. The molecule has 0 aliphatic rings. The van der Waals surface area contributed by atoms with E-state index in [1.54, 1.807) is 6.26 Å². The van der Waals surface area contributed by atoms with Crippen LogP contribution in [0.15, 0.2) is 52.0 Å². The molecule has 0 aliphatic carbocycles. The van der Waals surface area contributed by atoms with Crippen LogP contribution in [-0.2, 0) is 4.79 Å². The Morgan fingerprint density at radius 1 is 1.30 bits per heavy atom. The number of benzene rings is 1. The Labute approximate surface area is 146 Å². The van der Waals surface area contributed by atoms with E-state index in [4.69, 9.17) is 16.0 Å². The SMILES string of the molecule is CC(Sc1ccc(Cl)cc1)C(=O)NCC(c1ccco1)N(C)C. The van der Waals surface area contributed by atoms with Crippen LogP contribution in [0.25, 0.3) is 0 Å². The van der Waals surface area contributed by atoms with Crippen molar-refractivity contribution in [1.29, 1.82) is 0 Å². The summed E-state index contributed by atoms with van der Waals surface area (Å²) in [6, 6.07) is 11.3. The maximum Gasteiger partial charge on any atom is 0.233 e. The lowest BCUT2D eigenvalue weighted by Crippen LogP contribution is -2.37. The predicted molar refractivity (Wildman–Crippen MR) is 94.9 cm³/mol. The third kappa shape index (κ3) is 5.30. The van der Waals surface area contributed by atoms with Crippen molar-refractivity contribution in [3.63, 3.8) is 0 Å². The highest BCUT2D eigenvalue weighted by Crippen LogP contribution is 2.25. The van der Waals surface area contributed by atoms with Gasteiger partial charge in [-0.25, -0.2) is 0 Å². The number of amides is 1. The lowest BCUT2D eigenvalue weighted by molar-refractivity contribution is -0.120. The van der Waals surface area contributed by atoms with E-state index in [9.17, 15) is 4.79 Å². The van der Waals surface area contributed by atoms with E-state index in [1.165, 1.54) is 11.8 Å². The zero-order valence-electron chi connectivity index (χ0n) is 13.5. The van der Waals surface area contributed by atoms with E-state index in [1.807, 2.05) is 62.3 Å². The average molecular weight is 353 g/mol. The highest BCUT2D eigenvalue weighted by Gasteiger charge is 2.20. The topological polar surface area (TPSA) is 45.5 Å². The van der Waals surface area contributed by atoms with E-state index >= 15 is 0 Å². The monoisotopic (exact) mass is 352 g/mol. The summed E-state index contributed by atoms with van der Waals surface area (Å²) in [6.45, 7) is 2.40. The maximum atomic E-state index is 12.3. The number of carbonyl (C=O) groups is 1. The van der Waals surface area contributed by atoms with Crippen molar-refractivity contribution in [2.75, 3.05) is 20.6 Å². The molecule has 0 saturated heterocycles. The minimum Gasteiger partial charge on any atom is -0.468 e. The second-order valence-corrected chi connectivity index (χ2v) is 7.30. The number of carbonyl (C=O) groups excluding carboxylic acids is 1. The highest BCUT2D eigenvalue weighted by molar-refractivity contribution is 8.00. The largest absolute Gasteiger partial charge is 0.468 e. The van der Waals surface area contributed by atoms with E-state index in [0.717, 1.165) is 10.7 Å². The van der Waals surface area contributed by atoms with Gasteiger partial charge in [0, 0.05) is 16.5 Å². The highest BCUT2D eigenvalue weighted by atomic mass is 35.5. The molecule has 0 saturated carbocycles. The summed E-state index contributed by atoms with van der Waals surface area (Å²) in [4.78, 5) is 15.3. The Hall–Kier alpha value is -1.43. The van der Waals surface area contributed by atoms with Gasteiger partial charge in [0.05, 0.1) is 17.6 Å². The molecule has 2 aromatic rings. The van der Waals surface area contributed by atoms with Gasteiger partial charge in [0.1, 0.15) is 5.76 Å². The molecule has 0 bridgehead atoms. The van der Waals surface area contributed by atoms with Crippen molar-refractivity contribution in [3.8, 4) is 0 Å². The van der Waals surface area contributed by atoms with Gasteiger partial charge in [-0.05, 0) is 57.4 Å². The van der Waals surface area contributed by atoms with Gasteiger partial charge in [-0.15, -0.1) is 11.8 Å². The first-order chi connectivity index (χ1) is 11.0. The molecule has 1 N–H and O–H groups in total. The van der Waals surface area contributed by atoms with Crippen LogP contribution in [0.3, 0.4) is 0 Å². The van der Waals surface area contributed by atoms with Crippen LogP contribution in [0.4, 0.5) is 0 Å². The Balaban J connectivity index is 1.88. The van der Waals surface area contributed by atoms with E-state index in [0.29, 0.717) is 11.6 Å². The fourth-order valence-electron chi connectivity index (χ4n) is 2.13. The van der Waals surface area contributed by atoms with Gasteiger partial charge in [-0.3, -0.25) is 9.69 Å². The smallest absolute Gasteiger partial charge is 0.233 e. The van der Waals surface area contributed by atoms with E-state index in [2.05, 4.69) is 5.32 Å². The van der Waals surface area contributed by atoms with Crippen LogP contribution in [0.2, 0.25) is 5.02 Å². The molecule has 124 valence electrons. The quantitative estimate of drug-likeness (QED) is 0.769. The van der Waals surface area contributed by atoms with Crippen LogP contribution in [0, 0.1) is 0 Å². The molecule has 0 fully saturated rings. The number of halogens is 1. The van der Waals surface area contributed by atoms with Gasteiger partial charge < -0.3 is 9.73 Å². The van der Waals surface area contributed by atoms with Crippen molar-refractivity contribution in [3.05, 3.63) is 53.4 Å². The Kier molecular flexibility index (Phi) is 6.57. The van der Waals surface area contributed by atoms with Gasteiger partial charge in [0.2, 0.25) is 5.91 Å². The summed E-state index contributed by atoms with van der Waals surface area (Å²) in [5.41, 5.74) is 0. The lowest BCUT2D eigenvalue weighted by atomic mass is 10.2. The van der Waals surface area contributed by atoms with Crippen LogP contribution in [0.5, 0.6) is 0 Å². The fourth-order valence-corrected chi connectivity index (χ4v) is 3.15. The first-order valence-corrected chi connectivity index (χ1v) is 8.63. The zero-order chi connectivity index (χ0) is 16.8. The summed E-state index contributed by atoms with van der Waals surface area (Å²) in [5.74, 6) is 0.844. The standard InChI is InChI=1S/C17H21ClN2O2S/c1-12(23-14-8-6-13(18)7-9-14)17(21)19-11-15(20(2)3)16-5-4-10-22-16/h4-10,12,15H,11H2,1-3H3,(H,19,21). The van der Waals surface area contributed by atoms with Gasteiger partial charge in [-0.1, -0.05) is 11.6 Å². The van der Waals surface area contributed by atoms with Crippen molar-refractivity contribution < 1.29 is 9.21 Å². The van der Waals surface area contributed by atoms with Crippen LogP contribution >= 0.6 is 23.4 Å². The first kappa shape index (κ1) is 17.9. The molecular weight excluding hydrogens is 332 g/mol. The minimum absolute atomic E-state index is 0.00311. The molecule has 23 heavy (non-hydrogen) atoms. The van der Waals surface area contributed by atoms with Gasteiger partial charge in [-0.2, -0.15) is 0 Å². The second kappa shape index (κ2) is 8.43. The van der Waals surface area contributed by atoms with Gasteiger partial charge in [0.25, 0.3) is 0 Å². The van der Waals surface area contributed by atoms with Crippen molar-refractivity contribution in [1.82, 2.24) is 10.2 Å². The molecule has 1 heterocycles. The molecule has 2 rings (SSSR count). The average Bonchev–Trinajstić information content (AvgIpc) is 3.03. The number of furan rings is 1. The lowest BCUT2D eigenvalue weighted by Gasteiger charge is -2.23. The van der Waals surface area contributed by atoms with Crippen molar-refractivity contribution in [2.45, 2.75) is 23.1 Å². The summed E-state index contributed by atoms with van der Waals surface area (Å²) in [5, 5.41) is 3.50. The normalized spacial score (nSPS) is 13.8. The Bertz CT molecular complexity index is 614. The predicted octanol–water partition coefficient (Wildman–Crippen LogP) is 3.83. The molecule has 0 aliphatic heterocycles. The van der Waals surface area contributed by atoms with Gasteiger partial charge in [0.15, 0.2) is 0 Å². The van der Waals surface area contributed by atoms with Crippen LogP contribution in [0.1, 0.15) is 18.7 Å². The van der Waals surface area contributed by atoms with E-state index in [-0.39, 0.29) is 17.2 Å². The van der Waals surface area contributed by atoms with E-state index < -0.39 is 0 Å². The number of nitrogens with one attached hydrogen (secondary N) is 1. The second-order valence-electron chi connectivity index (χ2n) is 5.45. The van der Waals surface area contributed by atoms with Crippen LogP contribution < -0.4 is 5.32 Å². The Morgan fingerprint density at radius 3 is 2.57 bits per heavy atom. The molecule has 1 amide bonds. The zero-order valence-corrected chi connectivity index (χ0v) is 15.0. The molecule has 1 aromatic heterocycles. The molecule has 2 unspecified atom stereocenters. The third-order valence-corrected chi connectivity index (χ3v) is 4.82. The summed E-state index contributed by atoms with van der Waals surface area (Å²) in [7, 11) is 3.93. The van der Waals surface area contributed by atoms with Crippen molar-refractivity contribution in [2.24, 2.45) is 0 Å². The molecule has 0 spiro atoms. The molecule has 2 atom stereocenters. The van der Waals surface area contributed by atoms with Crippen molar-refractivity contribution >= 4 is 29.3 Å². The minimum atomic E-state index is -0.185. The number of rotatable bonds is 7. The van der Waals surface area contributed by atoms with Crippen LogP contribution in [-0.4, -0.2) is 36.7 Å². The third-order valence-electron chi connectivity index (χ3n) is 3.46. The summed E-state index contributed by atoms with van der Waals surface area (Å²) >= 11 is 7.38. The maximum absolute atomic E-state index is 12.3. The molecule has 1 aromatic carbocycles. The number of likely N-dealkylation sites (N-methyl/N-ethyl adjacent to an activating group) is 1. The Morgan fingerprint density at radius 2 is 2.00 bits per heavy atom. The number of hydrogen-bond donors (Lipinski definition) is 1. The number of hydrogen-bond acceptors (Lipinski definition) is 4. The molecule has 0 radical (unpaired) electrons. The summed E-state index contributed by atoms with van der Waals surface area (Å²) < 4.78 is 5.45. The van der Waals surface area contributed by atoms with Gasteiger partial charge >= 0.3 is 0 Å². The fraction of sp³-hybridized carbons (Fsp3) is 0.353. The summed E-state index contributed by atoms with van der Waals surface area (Å²) in [6.07, 6.45) is 1.65.